The van der Waals surface area contributed by atoms with Gasteiger partial charge in [-0.05, 0) is 24.3 Å². The molecular formula is C12H7ClN2O2S. The summed E-state index contributed by atoms with van der Waals surface area (Å²) in [6.07, 6.45) is 2.52. The fourth-order valence-electron chi connectivity index (χ4n) is 1.58. The lowest BCUT2D eigenvalue weighted by Gasteiger charge is -2.02. The summed E-state index contributed by atoms with van der Waals surface area (Å²) in [6, 6.07) is 6.89. The second-order valence-electron chi connectivity index (χ2n) is 3.53. The fraction of sp³-hybridized carbons (Fsp3) is 0. The molecule has 0 aliphatic heterocycles. The van der Waals surface area contributed by atoms with Crippen molar-refractivity contribution in [2.24, 2.45) is 0 Å². The number of aromatic nitrogens is 2. The van der Waals surface area contributed by atoms with E-state index in [-0.39, 0.29) is 0 Å². The van der Waals surface area contributed by atoms with E-state index in [0.717, 1.165) is 11.2 Å². The third-order valence-corrected chi connectivity index (χ3v) is 3.41. The van der Waals surface area contributed by atoms with Crippen LogP contribution in [0.5, 0.6) is 11.6 Å². The number of carbonyl (C=O) groups is 1. The normalized spacial score (nSPS) is 10.7. The zero-order valence-electron chi connectivity index (χ0n) is 9.04. The highest BCUT2D eigenvalue weighted by Crippen LogP contribution is 2.27. The van der Waals surface area contributed by atoms with Gasteiger partial charge in [0.15, 0.2) is 16.9 Å². The second-order valence-corrected chi connectivity index (χ2v) is 4.84. The van der Waals surface area contributed by atoms with E-state index in [1.54, 1.807) is 34.9 Å². The Hall–Kier alpha value is -1.85. The first-order chi connectivity index (χ1) is 8.78. The smallest absolute Gasteiger partial charge is 0.250 e. The molecule has 0 saturated carbocycles. The van der Waals surface area contributed by atoms with Gasteiger partial charge in [-0.2, -0.15) is 4.98 Å². The number of rotatable bonds is 3. The van der Waals surface area contributed by atoms with Crippen LogP contribution < -0.4 is 4.74 Å². The van der Waals surface area contributed by atoms with E-state index < -0.39 is 0 Å². The third-order valence-electron chi connectivity index (χ3n) is 2.41. The minimum atomic E-state index is 0.305. The number of hydrogen-bond donors (Lipinski definition) is 0. The summed E-state index contributed by atoms with van der Waals surface area (Å²) in [5.41, 5.74) is 0.404. The van der Waals surface area contributed by atoms with Crippen LogP contribution in [-0.4, -0.2) is 15.7 Å². The number of hydrogen-bond acceptors (Lipinski definition) is 4. The Morgan fingerprint density at radius 1 is 1.33 bits per heavy atom. The molecule has 90 valence electrons. The van der Waals surface area contributed by atoms with Crippen molar-refractivity contribution in [1.29, 1.82) is 0 Å². The molecule has 0 fully saturated rings. The van der Waals surface area contributed by atoms with Gasteiger partial charge in [-0.25, -0.2) is 0 Å². The van der Waals surface area contributed by atoms with Gasteiger partial charge in [0.1, 0.15) is 5.75 Å². The lowest BCUT2D eigenvalue weighted by Crippen LogP contribution is -1.91. The minimum absolute atomic E-state index is 0.305. The number of benzene rings is 1. The lowest BCUT2D eigenvalue weighted by atomic mass is 10.3. The molecule has 6 heteroatoms. The second kappa shape index (κ2) is 4.44. The predicted molar refractivity (Wildman–Crippen MR) is 70.0 cm³/mol. The molecule has 2 heterocycles. The Labute approximate surface area is 111 Å². The van der Waals surface area contributed by atoms with Crippen LogP contribution in [0.1, 0.15) is 10.5 Å². The SMILES string of the molecule is O=Cc1c(Oc2ccc(Cl)cc2)nc2sccn12. The Morgan fingerprint density at radius 3 is 2.83 bits per heavy atom. The van der Waals surface area contributed by atoms with Gasteiger partial charge in [-0.15, -0.1) is 11.3 Å². The Morgan fingerprint density at radius 2 is 2.11 bits per heavy atom. The minimum Gasteiger partial charge on any atom is -0.437 e. The van der Waals surface area contributed by atoms with E-state index in [0.29, 0.717) is 22.3 Å². The first kappa shape index (κ1) is 11.3. The predicted octanol–water partition coefficient (Wildman–Crippen LogP) is 3.65. The van der Waals surface area contributed by atoms with E-state index in [2.05, 4.69) is 4.98 Å². The number of carbonyl (C=O) groups excluding carboxylic acids is 1. The van der Waals surface area contributed by atoms with Crippen LogP contribution >= 0.6 is 22.9 Å². The van der Waals surface area contributed by atoms with Crippen molar-refractivity contribution in [1.82, 2.24) is 9.38 Å². The Kier molecular flexibility index (Phi) is 2.77. The highest BCUT2D eigenvalue weighted by molar-refractivity contribution is 7.15. The maximum absolute atomic E-state index is 11.1. The molecule has 0 spiro atoms. The average molecular weight is 279 g/mol. The van der Waals surface area contributed by atoms with Crippen molar-refractivity contribution < 1.29 is 9.53 Å². The molecule has 0 atom stereocenters. The van der Waals surface area contributed by atoms with Gasteiger partial charge in [0, 0.05) is 16.6 Å². The maximum Gasteiger partial charge on any atom is 0.250 e. The molecule has 3 rings (SSSR count). The molecule has 0 saturated heterocycles. The van der Waals surface area contributed by atoms with Gasteiger partial charge in [-0.3, -0.25) is 9.20 Å². The first-order valence-corrected chi connectivity index (χ1v) is 6.38. The van der Waals surface area contributed by atoms with Crippen molar-refractivity contribution in [3.8, 4) is 11.6 Å². The van der Waals surface area contributed by atoms with E-state index in [9.17, 15) is 4.79 Å². The molecule has 1 aromatic carbocycles. The van der Waals surface area contributed by atoms with Gasteiger partial charge in [-0.1, -0.05) is 11.6 Å². The number of aldehydes is 1. The quantitative estimate of drug-likeness (QED) is 0.687. The first-order valence-electron chi connectivity index (χ1n) is 5.12. The van der Waals surface area contributed by atoms with Gasteiger partial charge in [0.2, 0.25) is 5.88 Å². The highest BCUT2D eigenvalue weighted by atomic mass is 35.5. The monoisotopic (exact) mass is 278 g/mol. The molecule has 4 nitrogen and oxygen atoms in total. The van der Waals surface area contributed by atoms with Crippen LogP contribution in [0.2, 0.25) is 5.02 Å². The van der Waals surface area contributed by atoms with Crippen molar-refractivity contribution in [3.63, 3.8) is 0 Å². The molecule has 0 bridgehead atoms. The number of nitrogens with zero attached hydrogens (tertiary/aromatic N) is 2. The molecule has 0 aliphatic carbocycles. The molecular weight excluding hydrogens is 272 g/mol. The molecule has 2 aromatic heterocycles. The molecule has 0 aliphatic rings. The number of imidazole rings is 1. The lowest BCUT2D eigenvalue weighted by molar-refractivity contribution is 0.111. The van der Waals surface area contributed by atoms with Crippen LogP contribution in [0.3, 0.4) is 0 Å². The molecule has 0 N–H and O–H groups in total. The van der Waals surface area contributed by atoms with Gasteiger partial charge in [0.25, 0.3) is 0 Å². The topological polar surface area (TPSA) is 43.6 Å². The number of halogens is 1. The van der Waals surface area contributed by atoms with Gasteiger partial charge < -0.3 is 4.74 Å². The highest BCUT2D eigenvalue weighted by Gasteiger charge is 2.14. The van der Waals surface area contributed by atoms with E-state index in [4.69, 9.17) is 16.3 Å². The zero-order valence-corrected chi connectivity index (χ0v) is 10.6. The summed E-state index contributed by atoms with van der Waals surface area (Å²) in [4.78, 5) is 16.1. The van der Waals surface area contributed by atoms with Crippen LogP contribution in [-0.2, 0) is 0 Å². The summed E-state index contributed by atoms with van der Waals surface area (Å²) < 4.78 is 7.28. The zero-order chi connectivity index (χ0) is 12.5. The summed E-state index contributed by atoms with van der Waals surface area (Å²) in [7, 11) is 0. The van der Waals surface area contributed by atoms with Gasteiger partial charge >= 0.3 is 0 Å². The molecule has 0 amide bonds. The molecule has 3 aromatic rings. The Bertz CT molecular complexity index is 703. The van der Waals surface area contributed by atoms with E-state index in [1.807, 2.05) is 5.38 Å². The van der Waals surface area contributed by atoms with Crippen molar-refractivity contribution in [3.05, 3.63) is 46.6 Å². The summed E-state index contributed by atoms with van der Waals surface area (Å²) in [6.45, 7) is 0. The number of ether oxygens (including phenoxy) is 1. The molecule has 18 heavy (non-hydrogen) atoms. The standard InChI is InChI=1S/C12H7ClN2O2S/c13-8-1-3-9(4-2-8)17-11-10(7-16)15-5-6-18-12(15)14-11/h1-7H. The van der Waals surface area contributed by atoms with E-state index in [1.165, 1.54) is 11.3 Å². The summed E-state index contributed by atoms with van der Waals surface area (Å²) in [5.74, 6) is 0.896. The van der Waals surface area contributed by atoms with Crippen molar-refractivity contribution in [2.45, 2.75) is 0 Å². The van der Waals surface area contributed by atoms with Crippen LogP contribution in [0, 0.1) is 0 Å². The number of fused-ring (bicyclic) bond motifs is 1. The summed E-state index contributed by atoms with van der Waals surface area (Å²) in [5, 5.41) is 2.49. The third kappa shape index (κ3) is 1.87. The maximum atomic E-state index is 11.1. The molecule has 0 unspecified atom stereocenters. The molecule has 0 radical (unpaired) electrons. The van der Waals surface area contributed by atoms with E-state index >= 15 is 0 Å². The Balaban J connectivity index is 2.01. The van der Waals surface area contributed by atoms with Crippen molar-refractivity contribution >= 4 is 34.2 Å². The summed E-state index contributed by atoms with van der Waals surface area (Å²) >= 11 is 7.23. The van der Waals surface area contributed by atoms with Crippen LogP contribution in [0.15, 0.2) is 35.8 Å². The van der Waals surface area contributed by atoms with Crippen LogP contribution in [0.25, 0.3) is 4.96 Å². The largest absolute Gasteiger partial charge is 0.437 e. The fourth-order valence-corrected chi connectivity index (χ4v) is 2.42. The number of thiazole rings is 1. The van der Waals surface area contributed by atoms with Gasteiger partial charge in [0.05, 0.1) is 0 Å². The van der Waals surface area contributed by atoms with Crippen LogP contribution in [0.4, 0.5) is 0 Å². The average Bonchev–Trinajstić information content (AvgIpc) is 2.92. The van der Waals surface area contributed by atoms with Crippen molar-refractivity contribution in [2.75, 3.05) is 0 Å².